The third-order valence-corrected chi connectivity index (χ3v) is 4.43. The quantitative estimate of drug-likeness (QED) is 0.379. The van der Waals surface area contributed by atoms with Crippen molar-refractivity contribution in [2.45, 2.75) is 58.5 Å². The van der Waals surface area contributed by atoms with Crippen LogP contribution in [0.25, 0.3) is 0 Å². The van der Waals surface area contributed by atoms with Gasteiger partial charge >= 0.3 is 11.9 Å². The fourth-order valence-electron chi connectivity index (χ4n) is 3.49. The van der Waals surface area contributed by atoms with Crippen LogP contribution in [0.2, 0.25) is 0 Å². The number of fused-ring (bicyclic) bond motifs is 1. The highest BCUT2D eigenvalue weighted by molar-refractivity contribution is 5.79. The highest BCUT2D eigenvalue weighted by atomic mass is 16.6. The molecule has 2 rings (SSSR count). The third kappa shape index (κ3) is 5.68. The highest BCUT2D eigenvalue weighted by Crippen LogP contribution is 2.44. The average Bonchev–Trinajstić information content (AvgIpc) is 2.91. The maximum atomic E-state index is 12.3. The minimum Gasteiger partial charge on any atom is -0.466 e. The summed E-state index contributed by atoms with van der Waals surface area (Å²) in [4.78, 5) is 36.8. The smallest absolute Gasteiger partial charge is 0.326 e. The molecule has 0 radical (unpaired) electrons. The molecule has 154 valence electrons. The molecule has 1 atom stereocenters. The topological polar surface area (TPSA) is 99.0 Å². The highest BCUT2D eigenvalue weighted by Gasteiger charge is 2.36. The Morgan fingerprint density at radius 2 is 2.00 bits per heavy atom. The van der Waals surface area contributed by atoms with Crippen molar-refractivity contribution in [3.63, 3.8) is 0 Å². The van der Waals surface area contributed by atoms with Crippen LogP contribution in [0.3, 0.4) is 0 Å². The number of hydrogen-bond acceptors (Lipinski definition) is 7. The summed E-state index contributed by atoms with van der Waals surface area (Å²) in [6.45, 7) is 7.98. The van der Waals surface area contributed by atoms with E-state index in [0.717, 1.165) is 0 Å². The molecule has 28 heavy (non-hydrogen) atoms. The van der Waals surface area contributed by atoms with E-state index >= 15 is 0 Å². The SMILES string of the molecule is CCOC(=O)CCCC1CN(CC(=O)OC(C)(C)C)c2cccc([N+](=O)[O-])c21. The lowest BCUT2D eigenvalue weighted by molar-refractivity contribution is -0.385. The first-order valence-corrected chi connectivity index (χ1v) is 9.52. The van der Waals surface area contributed by atoms with Crippen LogP contribution in [-0.2, 0) is 19.1 Å². The van der Waals surface area contributed by atoms with Gasteiger partial charge in [0.05, 0.1) is 17.1 Å². The van der Waals surface area contributed by atoms with Crippen LogP contribution in [0.1, 0.15) is 58.4 Å². The molecule has 0 fully saturated rings. The van der Waals surface area contributed by atoms with Crippen LogP contribution in [0.4, 0.5) is 11.4 Å². The second kappa shape index (κ2) is 9.03. The van der Waals surface area contributed by atoms with Crippen LogP contribution in [0.15, 0.2) is 18.2 Å². The molecular formula is C20H28N2O6. The lowest BCUT2D eigenvalue weighted by atomic mass is 9.94. The van der Waals surface area contributed by atoms with E-state index in [9.17, 15) is 19.7 Å². The maximum Gasteiger partial charge on any atom is 0.326 e. The summed E-state index contributed by atoms with van der Waals surface area (Å²) < 4.78 is 10.3. The average molecular weight is 392 g/mol. The van der Waals surface area contributed by atoms with Gasteiger partial charge in [-0.1, -0.05) is 6.07 Å². The minimum absolute atomic E-state index is 0.0276. The zero-order chi connectivity index (χ0) is 20.9. The summed E-state index contributed by atoms with van der Waals surface area (Å²) in [6.07, 6.45) is 1.43. The number of nitro benzene ring substituents is 1. The van der Waals surface area contributed by atoms with Crippen LogP contribution >= 0.6 is 0 Å². The third-order valence-electron chi connectivity index (χ3n) is 4.43. The van der Waals surface area contributed by atoms with Crippen molar-refractivity contribution in [2.75, 3.05) is 24.6 Å². The number of nitrogens with zero attached hydrogens (tertiary/aromatic N) is 2. The van der Waals surface area contributed by atoms with Crippen LogP contribution in [0, 0.1) is 10.1 Å². The summed E-state index contributed by atoms with van der Waals surface area (Å²) >= 11 is 0. The van der Waals surface area contributed by atoms with E-state index in [0.29, 0.717) is 37.2 Å². The monoisotopic (exact) mass is 392 g/mol. The van der Waals surface area contributed by atoms with Crippen molar-refractivity contribution in [1.29, 1.82) is 0 Å². The standard InChI is InChI=1S/C20H28N2O6/c1-5-27-17(23)11-6-8-14-12-21(13-18(24)28-20(2,3)4)15-9-7-10-16(19(14)15)22(25)26/h7,9-10,14H,5-6,8,11-13H2,1-4H3. The molecule has 1 aliphatic rings. The normalized spacial score (nSPS) is 15.9. The summed E-state index contributed by atoms with van der Waals surface area (Å²) in [5.74, 6) is -0.778. The van der Waals surface area contributed by atoms with Crippen molar-refractivity contribution < 1.29 is 24.0 Å². The zero-order valence-corrected chi connectivity index (χ0v) is 16.9. The van der Waals surface area contributed by atoms with E-state index in [1.165, 1.54) is 6.07 Å². The second-order valence-electron chi connectivity index (χ2n) is 7.83. The molecule has 0 amide bonds. The van der Waals surface area contributed by atoms with Gasteiger partial charge in [-0.05, 0) is 46.6 Å². The Morgan fingerprint density at radius 1 is 1.29 bits per heavy atom. The van der Waals surface area contributed by atoms with Gasteiger partial charge < -0.3 is 14.4 Å². The van der Waals surface area contributed by atoms with E-state index in [4.69, 9.17) is 9.47 Å². The van der Waals surface area contributed by atoms with Gasteiger partial charge in [0, 0.05) is 30.6 Å². The van der Waals surface area contributed by atoms with Gasteiger partial charge in [-0.25, -0.2) is 0 Å². The van der Waals surface area contributed by atoms with Gasteiger partial charge in [-0.2, -0.15) is 0 Å². The van der Waals surface area contributed by atoms with E-state index < -0.39 is 10.5 Å². The lowest BCUT2D eigenvalue weighted by Crippen LogP contribution is -2.34. The van der Waals surface area contributed by atoms with Gasteiger partial charge in [0.25, 0.3) is 5.69 Å². The predicted molar refractivity (Wildman–Crippen MR) is 104 cm³/mol. The Kier molecular flexibility index (Phi) is 6.99. The molecule has 0 aliphatic carbocycles. The predicted octanol–water partition coefficient (Wildman–Crippen LogP) is 3.57. The number of carbonyl (C=O) groups excluding carboxylic acids is 2. The summed E-state index contributed by atoms with van der Waals surface area (Å²) in [5.41, 5.74) is 0.757. The summed E-state index contributed by atoms with van der Waals surface area (Å²) in [7, 11) is 0. The van der Waals surface area contributed by atoms with Crippen LogP contribution < -0.4 is 4.90 Å². The molecule has 8 heteroatoms. The van der Waals surface area contributed by atoms with Gasteiger partial charge in [0.1, 0.15) is 12.1 Å². The first-order chi connectivity index (χ1) is 13.1. The fraction of sp³-hybridized carbons (Fsp3) is 0.600. The fourth-order valence-corrected chi connectivity index (χ4v) is 3.49. The molecule has 8 nitrogen and oxygen atoms in total. The molecular weight excluding hydrogens is 364 g/mol. The Hall–Kier alpha value is -2.64. The molecule has 1 aromatic rings. The molecule has 0 bridgehead atoms. The lowest BCUT2D eigenvalue weighted by Gasteiger charge is -2.24. The Balaban J connectivity index is 2.17. The Bertz CT molecular complexity index is 741. The van der Waals surface area contributed by atoms with Crippen molar-refractivity contribution in [1.82, 2.24) is 0 Å². The molecule has 1 aliphatic heterocycles. The van der Waals surface area contributed by atoms with Crippen molar-refractivity contribution in [3.05, 3.63) is 33.9 Å². The number of anilines is 1. The Labute approximate surface area is 164 Å². The number of rotatable bonds is 8. The summed E-state index contributed by atoms with van der Waals surface area (Å²) in [6, 6.07) is 4.90. The first kappa shape index (κ1) is 21.7. The van der Waals surface area contributed by atoms with E-state index in [1.807, 2.05) is 4.90 Å². The number of benzene rings is 1. The zero-order valence-electron chi connectivity index (χ0n) is 16.9. The molecule has 1 heterocycles. The Morgan fingerprint density at radius 3 is 2.61 bits per heavy atom. The van der Waals surface area contributed by atoms with Crippen molar-refractivity contribution in [3.8, 4) is 0 Å². The van der Waals surface area contributed by atoms with Crippen LogP contribution in [-0.4, -0.2) is 42.2 Å². The summed E-state index contributed by atoms with van der Waals surface area (Å²) in [5, 5.41) is 11.5. The molecule has 0 saturated heterocycles. The number of carbonyl (C=O) groups is 2. The molecule has 1 unspecified atom stereocenters. The molecule has 0 spiro atoms. The van der Waals surface area contributed by atoms with Gasteiger partial charge in [-0.3, -0.25) is 19.7 Å². The number of esters is 2. The van der Waals surface area contributed by atoms with E-state index in [2.05, 4.69) is 0 Å². The van der Waals surface area contributed by atoms with Gasteiger partial charge in [0.2, 0.25) is 0 Å². The van der Waals surface area contributed by atoms with E-state index in [-0.39, 0.29) is 36.5 Å². The molecule has 0 aromatic heterocycles. The number of ether oxygens (including phenoxy) is 2. The maximum absolute atomic E-state index is 12.3. The largest absolute Gasteiger partial charge is 0.466 e. The molecule has 0 N–H and O–H groups in total. The van der Waals surface area contributed by atoms with Gasteiger partial charge in [-0.15, -0.1) is 0 Å². The first-order valence-electron chi connectivity index (χ1n) is 9.52. The number of nitro groups is 1. The van der Waals surface area contributed by atoms with Crippen LogP contribution in [0.5, 0.6) is 0 Å². The number of hydrogen-bond donors (Lipinski definition) is 0. The minimum atomic E-state index is -0.596. The molecule has 1 aromatic carbocycles. The second-order valence-corrected chi connectivity index (χ2v) is 7.83. The van der Waals surface area contributed by atoms with E-state index in [1.54, 1.807) is 39.8 Å². The molecule has 0 saturated carbocycles. The van der Waals surface area contributed by atoms with Gasteiger partial charge in [0.15, 0.2) is 0 Å². The van der Waals surface area contributed by atoms with Crippen molar-refractivity contribution >= 4 is 23.3 Å². The van der Waals surface area contributed by atoms with Crippen molar-refractivity contribution in [2.24, 2.45) is 0 Å².